The summed E-state index contributed by atoms with van der Waals surface area (Å²) in [5.74, 6) is 0.538. The number of anilines is 1. The number of hydrogen-bond donors (Lipinski definition) is 0. The van der Waals surface area contributed by atoms with E-state index in [0.29, 0.717) is 11.9 Å². The topological polar surface area (TPSA) is 56.0 Å². The number of rotatable bonds is 2. The molecular weight excluding hydrogens is 242 g/mol. The maximum atomic E-state index is 12.0. The van der Waals surface area contributed by atoms with Crippen molar-refractivity contribution in [2.24, 2.45) is 7.05 Å². The smallest absolute Gasteiger partial charge is 0.293 e. The summed E-state index contributed by atoms with van der Waals surface area (Å²) < 4.78 is 3.55. The monoisotopic (exact) mass is 259 g/mol. The summed E-state index contributed by atoms with van der Waals surface area (Å²) in [5, 5.41) is 4.35. The van der Waals surface area contributed by atoms with E-state index >= 15 is 0 Å². The largest absolute Gasteiger partial charge is 0.350 e. The van der Waals surface area contributed by atoms with Gasteiger partial charge in [-0.25, -0.2) is 4.98 Å². The number of nitrogens with zero attached hydrogens (tertiary/aromatic N) is 5. The van der Waals surface area contributed by atoms with Crippen LogP contribution in [0.1, 0.15) is 18.0 Å². The summed E-state index contributed by atoms with van der Waals surface area (Å²) in [7, 11) is 1.75. The molecule has 6 nitrogen and oxygen atoms in total. The van der Waals surface area contributed by atoms with Crippen molar-refractivity contribution < 1.29 is 0 Å². The molecule has 0 bridgehead atoms. The Morgan fingerprint density at radius 3 is 3.00 bits per heavy atom. The van der Waals surface area contributed by atoms with E-state index < -0.39 is 0 Å². The van der Waals surface area contributed by atoms with E-state index in [-0.39, 0.29) is 5.56 Å². The zero-order chi connectivity index (χ0) is 13.4. The fourth-order valence-corrected chi connectivity index (χ4v) is 2.48. The van der Waals surface area contributed by atoms with Gasteiger partial charge in [0.1, 0.15) is 0 Å². The van der Waals surface area contributed by atoms with Crippen LogP contribution in [0.15, 0.2) is 29.6 Å². The maximum absolute atomic E-state index is 12.0. The molecule has 0 aliphatic carbocycles. The lowest BCUT2D eigenvalue weighted by Crippen LogP contribution is -2.31. The average Bonchev–Trinajstić information content (AvgIpc) is 3.01. The molecule has 1 unspecified atom stereocenters. The van der Waals surface area contributed by atoms with Crippen LogP contribution in [-0.4, -0.2) is 32.4 Å². The van der Waals surface area contributed by atoms with Gasteiger partial charge in [-0.2, -0.15) is 5.10 Å². The van der Waals surface area contributed by atoms with Crippen LogP contribution in [0.4, 0.5) is 5.82 Å². The fraction of sp³-hybridized carbons (Fsp3) is 0.462. The normalized spacial score (nSPS) is 19.1. The molecule has 2 aromatic heterocycles. The van der Waals surface area contributed by atoms with Crippen molar-refractivity contribution in [2.75, 3.05) is 18.0 Å². The first-order chi connectivity index (χ1) is 9.15. The van der Waals surface area contributed by atoms with Crippen molar-refractivity contribution in [3.8, 4) is 0 Å². The molecule has 0 aromatic carbocycles. The Kier molecular flexibility index (Phi) is 2.85. The minimum absolute atomic E-state index is 0.0419. The second-order valence-corrected chi connectivity index (χ2v) is 5.05. The van der Waals surface area contributed by atoms with Crippen LogP contribution in [-0.2, 0) is 7.05 Å². The molecule has 1 fully saturated rings. The predicted octanol–water partition coefficient (Wildman–Crippen LogP) is 0.737. The minimum Gasteiger partial charge on any atom is -0.350 e. The molecule has 1 aliphatic heterocycles. The van der Waals surface area contributed by atoms with Gasteiger partial charge < -0.3 is 9.47 Å². The van der Waals surface area contributed by atoms with Crippen molar-refractivity contribution in [1.82, 2.24) is 19.3 Å². The molecule has 0 N–H and O–H groups in total. The molecule has 6 heteroatoms. The van der Waals surface area contributed by atoms with Crippen molar-refractivity contribution in [1.29, 1.82) is 0 Å². The van der Waals surface area contributed by atoms with Gasteiger partial charge in [0.2, 0.25) is 0 Å². The van der Waals surface area contributed by atoms with E-state index in [1.54, 1.807) is 24.0 Å². The van der Waals surface area contributed by atoms with E-state index in [0.717, 1.165) is 25.1 Å². The van der Waals surface area contributed by atoms with Crippen LogP contribution in [0.2, 0.25) is 0 Å². The van der Waals surface area contributed by atoms with Gasteiger partial charge in [0.15, 0.2) is 5.82 Å². The van der Waals surface area contributed by atoms with Gasteiger partial charge in [0, 0.05) is 38.7 Å². The van der Waals surface area contributed by atoms with Crippen LogP contribution in [0.3, 0.4) is 0 Å². The highest BCUT2D eigenvalue weighted by atomic mass is 16.1. The third kappa shape index (κ3) is 2.14. The van der Waals surface area contributed by atoms with Gasteiger partial charge >= 0.3 is 0 Å². The van der Waals surface area contributed by atoms with Crippen LogP contribution < -0.4 is 10.5 Å². The van der Waals surface area contributed by atoms with E-state index in [4.69, 9.17) is 0 Å². The Balaban J connectivity index is 1.82. The predicted molar refractivity (Wildman–Crippen MR) is 72.3 cm³/mol. The quantitative estimate of drug-likeness (QED) is 0.798. The third-order valence-corrected chi connectivity index (χ3v) is 3.57. The molecule has 1 saturated heterocycles. The molecule has 3 rings (SSSR count). The first-order valence-corrected chi connectivity index (χ1v) is 6.42. The molecule has 0 saturated carbocycles. The Labute approximate surface area is 111 Å². The molecule has 0 spiro atoms. The standard InChI is InChI=1S/C13H17N5O/c1-10-7-15-18(8-10)11-3-5-17(9-11)12-13(19)16(2)6-4-14-12/h4,6-8,11H,3,5,9H2,1-2H3. The molecule has 100 valence electrons. The van der Waals surface area contributed by atoms with E-state index in [9.17, 15) is 4.79 Å². The lowest BCUT2D eigenvalue weighted by atomic mass is 10.3. The minimum atomic E-state index is -0.0419. The van der Waals surface area contributed by atoms with Crippen LogP contribution in [0.5, 0.6) is 0 Å². The molecule has 2 aromatic rings. The Bertz CT molecular complexity index is 644. The second kappa shape index (κ2) is 4.53. The van der Waals surface area contributed by atoms with E-state index in [1.165, 1.54) is 0 Å². The maximum Gasteiger partial charge on any atom is 0.293 e. The highest BCUT2D eigenvalue weighted by molar-refractivity contribution is 5.37. The number of aryl methyl sites for hydroxylation is 2. The van der Waals surface area contributed by atoms with Gasteiger partial charge in [0.25, 0.3) is 5.56 Å². The van der Waals surface area contributed by atoms with E-state index in [2.05, 4.69) is 10.1 Å². The van der Waals surface area contributed by atoms with Crippen molar-refractivity contribution >= 4 is 5.82 Å². The van der Waals surface area contributed by atoms with Gasteiger partial charge in [-0.1, -0.05) is 0 Å². The lowest BCUT2D eigenvalue weighted by Gasteiger charge is -2.17. The van der Waals surface area contributed by atoms with Gasteiger partial charge in [-0.05, 0) is 18.9 Å². The molecule has 0 radical (unpaired) electrons. The third-order valence-electron chi connectivity index (χ3n) is 3.57. The first kappa shape index (κ1) is 12.0. The van der Waals surface area contributed by atoms with Crippen LogP contribution in [0, 0.1) is 6.92 Å². The molecular formula is C13H17N5O. The molecule has 19 heavy (non-hydrogen) atoms. The summed E-state index contributed by atoms with van der Waals surface area (Å²) in [6.07, 6.45) is 8.24. The Morgan fingerprint density at radius 2 is 2.26 bits per heavy atom. The molecule has 1 aliphatic rings. The first-order valence-electron chi connectivity index (χ1n) is 6.42. The average molecular weight is 259 g/mol. The Morgan fingerprint density at radius 1 is 1.42 bits per heavy atom. The van der Waals surface area contributed by atoms with Gasteiger partial charge in [-0.15, -0.1) is 0 Å². The highest BCUT2D eigenvalue weighted by Gasteiger charge is 2.26. The highest BCUT2D eigenvalue weighted by Crippen LogP contribution is 2.23. The summed E-state index contributed by atoms with van der Waals surface area (Å²) in [6, 6.07) is 0.320. The summed E-state index contributed by atoms with van der Waals surface area (Å²) in [5.41, 5.74) is 1.12. The number of aromatic nitrogens is 4. The number of hydrogen-bond acceptors (Lipinski definition) is 4. The summed E-state index contributed by atoms with van der Waals surface area (Å²) in [6.45, 7) is 3.66. The lowest BCUT2D eigenvalue weighted by molar-refractivity contribution is 0.494. The van der Waals surface area contributed by atoms with Crippen molar-refractivity contribution in [3.63, 3.8) is 0 Å². The SMILES string of the molecule is Cc1cnn(C2CCN(c3nccn(C)c3=O)C2)c1. The van der Waals surface area contributed by atoms with Crippen molar-refractivity contribution in [3.05, 3.63) is 40.7 Å². The van der Waals surface area contributed by atoms with E-state index in [1.807, 2.05) is 28.9 Å². The van der Waals surface area contributed by atoms with Crippen LogP contribution >= 0.6 is 0 Å². The second-order valence-electron chi connectivity index (χ2n) is 5.05. The fourth-order valence-electron chi connectivity index (χ4n) is 2.48. The molecule has 1 atom stereocenters. The Hall–Kier alpha value is -2.11. The van der Waals surface area contributed by atoms with Gasteiger partial charge in [-0.3, -0.25) is 9.48 Å². The van der Waals surface area contributed by atoms with Crippen LogP contribution in [0.25, 0.3) is 0 Å². The zero-order valence-electron chi connectivity index (χ0n) is 11.2. The van der Waals surface area contributed by atoms with Gasteiger partial charge in [0.05, 0.1) is 12.2 Å². The summed E-state index contributed by atoms with van der Waals surface area (Å²) in [4.78, 5) is 18.3. The zero-order valence-corrected chi connectivity index (χ0v) is 11.2. The summed E-state index contributed by atoms with van der Waals surface area (Å²) >= 11 is 0. The molecule has 3 heterocycles. The van der Waals surface area contributed by atoms with Crippen molar-refractivity contribution in [2.45, 2.75) is 19.4 Å². The molecule has 0 amide bonds.